The highest BCUT2D eigenvalue weighted by molar-refractivity contribution is 7.10. The third-order valence-electron chi connectivity index (χ3n) is 5.60. The number of ether oxygens (including phenoxy) is 1. The average molecular weight is 417 g/mol. The number of carbonyl (C=O) groups is 2. The zero-order valence-corrected chi connectivity index (χ0v) is 17.3. The monoisotopic (exact) mass is 416 g/mol. The van der Waals surface area contributed by atoms with E-state index in [0.717, 1.165) is 30.4 Å². The number of rotatable bonds is 7. The van der Waals surface area contributed by atoms with Gasteiger partial charge in [0.2, 0.25) is 11.8 Å². The summed E-state index contributed by atoms with van der Waals surface area (Å²) in [6, 6.07) is 8.14. The minimum Gasteiger partial charge on any atom is -0.383 e. The average Bonchev–Trinajstić information content (AvgIpc) is 3.47. The lowest BCUT2D eigenvalue weighted by molar-refractivity contribution is -0.142. The number of amides is 2. The molecule has 1 aliphatic heterocycles. The molecule has 2 aromatic rings. The van der Waals surface area contributed by atoms with Gasteiger partial charge in [0.15, 0.2) is 0 Å². The Bertz CT molecular complexity index is 878. The Hall–Kier alpha value is -2.25. The van der Waals surface area contributed by atoms with Crippen molar-refractivity contribution in [1.29, 1.82) is 0 Å². The van der Waals surface area contributed by atoms with E-state index >= 15 is 0 Å². The molecule has 0 spiro atoms. The van der Waals surface area contributed by atoms with Gasteiger partial charge in [-0.3, -0.25) is 9.59 Å². The molecule has 0 radical (unpaired) electrons. The summed E-state index contributed by atoms with van der Waals surface area (Å²) in [6.07, 6.45) is 2.60. The molecule has 1 aliphatic carbocycles. The standard InChI is InChI=1S/C22H25FN2O3S/c1-28-12-11-24(22(27)16-2-3-16)14-20(26)25-10-8-19-18(9-13-29-19)21(25)15-4-6-17(23)7-5-15/h4-7,9,13,16,21H,2-3,8,10-12,14H2,1H3/t21-/m0/s1. The summed E-state index contributed by atoms with van der Waals surface area (Å²) in [5.74, 6) is -0.283. The van der Waals surface area contributed by atoms with Crippen molar-refractivity contribution in [3.05, 3.63) is 57.5 Å². The Kier molecular flexibility index (Phi) is 5.96. The number of hydrogen-bond acceptors (Lipinski definition) is 4. The van der Waals surface area contributed by atoms with Gasteiger partial charge in [-0.1, -0.05) is 12.1 Å². The Morgan fingerprint density at radius 3 is 2.69 bits per heavy atom. The summed E-state index contributed by atoms with van der Waals surface area (Å²) < 4.78 is 18.6. The smallest absolute Gasteiger partial charge is 0.242 e. The van der Waals surface area contributed by atoms with Crippen molar-refractivity contribution in [2.45, 2.75) is 25.3 Å². The van der Waals surface area contributed by atoms with Crippen LogP contribution in [0.25, 0.3) is 0 Å². The van der Waals surface area contributed by atoms with E-state index in [2.05, 4.69) is 0 Å². The number of halogens is 1. The van der Waals surface area contributed by atoms with Crippen LogP contribution in [0.15, 0.2) is 35.7 Å². The van der Waals surface area contributed by atoms with Crippen LogP contribution >= 0.6 is 11.3 Å². The van der Waals surface area contributed by atoms with Gasteiger partial charge < -0.3 is 14.5 Å². The number of carbonyl (C=O) groups excluding carboxylic acids is 2. The van der Waals surface area contributed by atoms with E-state index in [-0.39, 0.29) is 36.1 Å². The van der Waals surface area contributed by atoms with Crippen LogP contribution in [0.5, 0.6) is 0 Å². The van der Waals surface area contributed by atoms with Gasteiger partial charge in [0.05, 0.1) is 19.2 Å². The zero-order valence-electron chi connectivity index (χ0n) is 16.5. The van der Waals surface area contributed by atoms with Gasteiger partial charge in [-0.2, -0.15) is 0 Å². The van der Waals surface area contributed by atoms with E-state index < -0.39 is 0 Å². The molecule has 1 aromatic carbocycles. The Labute approximate surface area is 174 Å². The minimum absolute atomic E-state index is 0.0435. The molecule has 5 nitrogen and oxygen atoms in total. The second kappa shape index (κ2) is 8.63. The fourth-order valence-electron chi connectivity index (χ4n) is 3.90. The van der Waals surface area contributed by atoms with Crippen molar-refractivity contribution in [1.82, 2.24) is 9.80 Å². The maximum absolute atomic E-state index is 13.5. The van der Waals surface area contributed by atoms with Crippen LogP contribution in [0, 0.1) is 11.7 Å². The third kappa shape index (κ3) is 4.36. The molecule has 2 heterocycles. The first-order chi connectivity index (χ1) is 14.1. The summed E-state index contributed by atoms with van der Waals surface area (Å²) in [5.41, 5.74) is 1.98. The molecule has 0 bridgehead atoms. The van der Waals surface area contributed by atoms with Crippen LogP contribution in [-0.2, 0) is 20.7 Å². The first kappa shape index (κ1) is 20.0. The molecule has 0 N–H and O–H groups in total. The van der Waals surface area contributed by atoms with Crippen LogP contribution in [0.1, 0.15) is 34.9 Å². The first-order valence-electron chi connectivity index (χ1n) is 9.97. The highest BCUT2D eigenvalue weighted by Gasteiger charge is 2.37. The van der Waals surface area contributed by atoms with E-state index in [4.69, 9.17) is 4.74 Å². The maximum atomic E-state index is 13.5. The fraction of sp³-hybridized carbons (Fsp3) is 0.455. The molecule has 7 heteroatoms. The largest absolute Gasteiger partial charge is 0.383 e. The van der Waals surface area contributed by atoms with Crippen LogP contribution in [0.3, 0.4) is 0 Å². The van der Waals surface area contributed by atoms with Crippen molar-refractivity contribution in [2.75, 3.05) is 33.4 Å². The van der Waals surface area contributed by atoms with Crippen molar-refractivity contribution < 1.29 is 18.7 Å². The Morgan fingerprint density at radius 2 is 2.00 bits per heavy atom. The summed E-state index contributed by atoms with van der Waals surface area (Å²) in [5, 5.41) is 2.04. The number of nitrogens with zero attached hydrogens (tertiary/aromatic N) is 2. The lowest BCUT2D eigenvalue weighted by Gasteiger charge is -2.37. The van der Waals surface area contributed by atoms with Gasteiger partial charge >= 0.3 is 0 Å². The SMILES string of the molecule is COCCN(CC(=O)N1CCc2sccc2[C@@H]1c1ccc(F)cc1)C(=O)C1CC1. The summed E-state index contributed by atoms with van der Waals surface area (Å²) in [7, 11) is 1.59. The molecule has 29 heavy (non-hydrogen) atoms. The highest BCUT2D eigenvalue weighted by Crippen LogP contribution is 2.38. The molecule has 2 aliphatic rings. The molecule has 4 rings (SSSR count). The molecule has 154 valence electrons. The second-order valence-corrected chi connectivity index (χ2v) is 8.62. The van der Waals surface area contributed by atoms with Gasteiger partial charge in [0.25, 0.3) is 0 Å². The zero-order chi connectivity index (χ0) is 20.4. The predicted molar refractivity (Wildman–Crippen MR) is 109 cm³/mol. The fourth-order valence-corrected chi connectivity index (χ4v) is 4.80. The number of hydrogen-bond donors (Lipinski definition) is 0. The maximum Gasteiger partial charge on any atom is 0.242 e. The minimum atomic E-state index is -0.297. The topological polar surface area (TPSA) is 49.9 Å². The van der Waals surface area contributed by atoms with Crippen molar-refractivity contribution in [3.63, 3.8) is 0 Å². The van der Waals surface area contributed by atoms with Crippen molar-refractivity contribution in [3.8, 4) is 0 Å². The predicted octanol–water partition coefficient (Wildman–Crippen LogP) is 3.25. The highest BCUT2D eigenvalue weighted by atomic mass is 32.1. The molecule has 1 atom stereocenters. The number of benzene rings is 1. The van der Waals surface area contributed by atoms with E-state index in [0.29, 0.717) is 19.7 Å². The summed E-state index contributed by atoms with van der Waals surface area (Å²) in [4.78, 5) is 30.7. The summed E-state index contributed by atoms with van der Waals surface area (Å²) >= 11 is 1.69. The van der Waals surface area contributed by atoms with Crippen molar-refractivity contribution >= 4 is 23.2 Å². The van der Waals surface area contributed by atoms with E-state index in [1.54, 1.807) is 35.5 Å². The number of fused-ring (bicyclic) bond motifs is 1. The molecule has 1 fully saturated rings. The van der Waals surface area contributed by atoms with Crippen LogP contribution < -0.4 is 0 Å². The first-order valence-corrected chi connectivity index (χ1v) is 10.9. The summed E-state index contributed by atoms with van der Waals surface area (Å²) in [6.45, 7) is 1.46. The molecule has 1 saturated carbocycles. The number of thiophene rings is 1. The quantitative estimate of drug-likeness (QED) is 0.696. The van der Waals surface area contributed by atoms with E-state index in [1.165, 1.54) is 17.0 Å². The normalized spacial score (nSPS) is 18.4. The van der Waals surface area contributed by atoms with Gasteiger partial charge in [-0.25, -0.2) is 4.39 Å². The molecule has 0 unspecified atom stereocenters. The second-order valence-electron chi connectivity index (χ2n) is 7.62. The number of methoxy groups -OCH3 is 1. The molecular weight excluding hydrogens is 391 g/mol. The Morgan fingerprint density at radius 1 is 1.24 bits per heavy atom. The third-order valence-corrected chi connectivity index (χ3v) is 6.60. The van der Waals surface area contributed by atoms with Gasteiger partial charge in [0, 0.05) is 31.0 Å². The molecule has 1 aromatic heterocycles. The lowest BCUT2D eigenvalue weighted by Crippen LogP contribution is -2.47. The van der Waals surface area contributed by atoms with Gasteiger partial charge in [-0.05, 0) is 54.0 Å². The molecular formula is C22H25FN2O3S. The van der Waals surface area contributed by atoms with Crippen LogP contribution in [0.4, 0.5) is 4.39 Å². The lowest BCUT2D eigenvalue weighted by atomic mass is 9.93. The van der Waals surface area contributed by atoms with Crippen LogP contribution in [-0.4, -0.2) is 55.0 Å². The molecule has 0 saturated heterocycles. The van der Waals surface area contributed by atoms with E-state index in [1.807, 2.05) is 16.3 Å². The molecule has 2 amide bonds. The van der Waals surface area contributed by atoms with E-state index in [9.17, 15) is 14.0 Å². The Balaban J connectivity index is 1.58. The van der Waals surface area contributed by atoms with Crippen molar-refractivity contribution in [2.24, 2.45) is 5.92 Å². The van der Waals surface area contributed by atoms with Gasteiger partial charge in [-0.15, -0.1) is 11.3 Å². The van der Waals surface area contributed by atoms with Crippen LogP contribution in [0.2, 0.25) is 0 Å². The van der Waals surface area contributed by atoms with Gasteiger partial charge in [0.1, 0.15) is 5.82 Å².